The summed E-state index contributed by atoms with van der Waals surface area (Å²) >= 11 is 0. The Morgan fingerprint density at radius 1 is 1.27 bits per heavy atom. The second kappa shape index (κ2) is 9.34. The minimum Gasteiger partial charge on any atom is -0.471 e. The first-order valence-electron chi connectivity index (χ1n) is 11.4. The molecule has 1 aromatic carbocycles. The number of cyclic esters (lactones) is 1. The summed E-state index contributed by atoms with van der Waals surface area (Å²) in [4.78, 5) is 15.8. The Labute approximate surface area is 195 Å². The van der Waals surface area contributed by atoms with Crippen LogP contribution in [-0.2, 0) is 9.16 Å². The summed E-state index contributed by atoms with van der Waals surface area (Å²) in [6.07, 6.45) is 1.18. The fraction of sp³-hybridized carbons (Fsp3) is 0.565. The first-order chi connectivity index (χ1) is 15.6. The van der Waals surface area contributed by atoms with E-state index in [4.69, 9.17) is 18.4 Å². The highest BCUT2D eigenvalue weighted by atomic mass is 28.3. The number of halogens is 1. The van der Waals surface area contributed by atoms with Gasteiger partial charge in [-0.15, -0.1) is 0 Å². The first-order valence-corrected chi connectivity index (χ1v) is 14.1. The number of rotatable bonds is 7. The monoisotopic (exact) mass is 477 g/mol. The van der Waals surface area contributed by atoms with Crippen LogP contribution in [0.3, 0.4) is 0 Å². The van der Waals surface area contributed by atoms with Crippen LogP contribution in [0.1, 0.15) is 27.2 Å². The first kappa shape index (κ1) is 23.6. The summed E-state index contributed by atoms with van der Waals surface area (Å²) in [7, 11) is -1.34. The zero-order chi connectivity index (χ0) is 23.8. The molecule has 0 N–H and O–H groups in total. The van der Waals surface area contributed by atoms with Gasteiger partial charge in [0, 0.05) is 18.5 Å². The van der Waals surface area contributed by atoms with Gasteiger partial charge in [-0.05, 0) is 48.3 Å². The average Bonchev–Trinajstić information content (AvgIpc) is 3.46. The zero-order valence-corrected chi connectivity index (χ0v) is 20.9. The molecule has 2 fully saturated rings. The molecule has 33 heavy (non-hydrogen) atoms. The van der Waals surface area contributed by atoms with Crippen molar-refractivity contribution in [3.05, 3.63) is 36.3 Å². The fourth-order valence-corrected chi connectivity index (χ4v) is 5.39. The molecular weight excluding hydrogens is 445 g/mol. The Bertz CT molecular complexity index is 966. The van der Waals surface area contributed by atoms with Gasteiger partial charge < -0.3 is 23.3 Å². The van der Waals surface area contributed by atoms with E-state index in [1.54, 1.807) is 18.2 Å². The molecule has 4 rings (SSSR count). The van der Waals surface area contributed by atoms with Gasteiger partial charge >= 0.3 is 6.09 Å². The van der Waals surface area contributed by atoms with E-state index in [9.17, 15) is 4.79 Å². The molecule has 2 aliphatic rings. The van der Waals surface area contributed by atoms with Crippen LogP contribution in [0.4, 0.5) is 20.6 Å². The molecule has 2 aromatic rings. The molecule has 10 heteroatoms. The topological polar surface area (TPSA) is 77.3 Å². The van der Waals surface area contributed by atoms with E-state index in [0.717, 1.165) is 13.0 Å². The number of carbonyl (C=O) groups excluding carboxylic acids is 1. The molecule has 3 atom stereocenters. The molecule has 2 aliphatic heterocycles. The second-order valence-electron chi connectivity index (χ2n) is 9.93. The van der Waals surface area contributed by atoms with E-state index < -0.39 is 21.2 Å². The highest BCUT2D eigenvalue weighted by molar-refractivity contribution is 6.48. The van der Waals surface area contributed by atoms with Crippen LogP contribution in [-0.4, -0.2) is 52.3 Å². The number of ether oxygens (including phenoxy) is 2. The number of hydrogen-bond acceptors (Lipinski definition) is 7. The number of anilines is 2. The van der Waals surface area contributed by atoms with Crippen molar-refractivity contribution in [2.24, 2.45) is 11.3 Å². The lowest BCUT2D eigenvalue weighted by Gasteiger charge is -2.37. The van der Waals surface area contributed by atoms with Crippen molar-refractivity contribution in [1.82, 2.24) is 5.16 Å². The smallest absolute Gasteiger partial charge is 0.414 e. The van der Waals surface area contributed by atoms with Gasteiger partial charge in [-0.3, -0.25) is 4.90 Å². The molecule has 0 spiro atoms. The Balaban J connectivity index is 1.48. The Hall–Kier alpha value is -2.59. The SMILES string of the molecule is C[SiH](C)OC1[C@@H](C(C)(C)C)CCN1c1ccc(N2C[C@H](COc3ccon3)OC2=O)cc1F. The van der Waals surface area contributed by atoms with Crippen molar-refractivity contribution in [2.45, 2.75) is 52.6 Å². The summed E-state index contributed by atoms with van der Waals surface area (Å²) in [5.41, 5.74) is 1.01. The number of amides is 1. The molecule has 0 aliphatic carbocycles. The Kier molecular flexibility index (Phi) is 6.67. The van der Waals surface area contributed by atoms with Crippen molar-refractivity contribution in [3.63, 3.8) is 0 Å². The summed E-state index contributed by atoms with van der Waals surface area (Å²) in [6.45, 7) is 12.0. The number of carbonyl (C=O) groups is 1. The molecular formula is C23H32FN3O5Si. The summed E-state index contributed by atoms with van der Waals surface area (Å²) in [6, 6.07) is 6.46. The average molecular weight is 478 g/mol. The lowest BCUT2D eigenvalue weighted by atomic mass is 9.79. The van der Waals surface area contributed by atoms with Crippen molar-refractivity contribution >= 4 is 26.5 Å². The fourth-order valence-electron chi connectivity index (χ4n) is 4.50. The molecule has 180 valence electrons. The molecule has 0 bridgehead atoms. The lowest BCUT2D eigenvalue weighted by Crippen LogP contribution is -2.42. The summed E-state index contributed by atoms with van der Waals surface area (Å²) in [5.74, 6) is 0.252. The molecule has 0 radical (unpaired) electrons. The molecule has 1 aromatic heterocycles. The molecule has 1 unspecified atom stereocenters. The lowest BCUT2D eigenvalue weighted by molar-refractivity contribution is 0.0884. The molecule has 2 saturated heterocycles. The van der Waals surface area contributed by atoms with Crippen molar-refractivity contribution in [2.75, 3.05) is 29.5 Å². The van der Waals surface area contributed by atoms with E-state index in [1.165, 1.54) is 17.2 Å². The summed E-state index contributed by atoms with van der Waals surface area (Å²) in [5, 5.41) is 3.66. The number of hydrogen-bond donors (Lipinski definition) is 0. The van der Waals surface area contributed by atoms with Crippen LogP contribution in [0.5, 0.6) is 5.88 Å². The van der Waals surface area contributed by atoms with Crippen molar-refractivity contribution in [1.29, 1.82) is 0 Å². The number of benzene rings is 1. The van der Waals surface area contributed by atoms with Crippen molar-refractivity contribution < 1.29 is 27.6 Å². The van der Waals surface area contributed by atoms with Gasteiger partial charge in [0.05, 0.1) is 17.9 Å². The van der Waals surface area contributed by atoms with Gasteiger partial charge in [-0.1, -0.05) is 20.8 Å². The Morgan fingerprint density at radius 3 is 2.70 bits per heavy atom. The molecule has 3 heterocycles. The van der Waals surface area contributed by atoms with Crippen LogP contribution < -0.4 is 14.5 Å². The summed E-state index contributed by atoms with van der Waals surface area (Å²) < 4.78 is 37.3. The maximum atomic E-state index is 15.3. The van der Waals surface area contributed by atoms with E-state index in [-0.39, 0.29) is 30.6 Å². The quantitative estimate of drug-likeness (QED) is 0.547. The zero-order valence-electron chi connectivity index (χ0n) is 19.8. The van der Waals surface area contributed by atoms with Gasteiger partial charge in [-0.25, -0.2) is 9.18 Å². The largest absolute Gasteiger partial charge is 0.471 e. The normalized spacial score (nSPS) is 23.5. The van der Waals surface area contributed by atoms with Gasteiger partial charge in [0.15, 0.2) is 15.1 Å². The van der Waals surface area contributed by atoms with Crippen LogP contribution in [0, 0.1) is 17.2 Å². The van der Waals surface area contributed by atoms with Gasteiger partial charge in [-0.2, -0.15) is 0 Å². The van der Waals surface area contributed by atoms with Crippen LogP contribution in [0.25, 0.3) is 0 Å². The minimum atomic E-state index is -1.34. The van der Waals surface area contributed by atoms with Crippen LogP contribution >= 0.6 is 0 Å². The predicted octanol–water partition coefficient (Wildman–Crippen LogP) is 4.42. The maximum absolute atomic E-state index is 15.3. The van der Waals surface area contributed by atoms with E-state index >= 15 is 4.39 Å². The van der Waals surface area contributed by atoms with Gasteiger partial charge in [0.25, 0.3) is 5.88 Å². The van der Waals surface area contributed by atoms with Gasteiger partial charge in [0.1, 0.15) is 24.9 Å². The van der Waals surface area contributed by atoms with Crippen molar-refractivity contribution in [3.8, 4) is 5.88 Å². The van der Waals surface area contributed by atoms with E-state index in [1.807, 2.05) is 4.90 Å². The maximum Gasteiger partial charge on any atom is 0.414 e. The predicted molar refractivity (Wildman–Crippen MR) is 125 cm³/mol. The highest BCUT2D eigenvalue weighted by Crippen LogP contribution is 2.42. The molecule has 8 nitrogen and oxygen atoms in total. The molecule has 0 saturated carbocycles. The number of nitrogens with zero attached hydrogens (tertiary/aromatic N) is 3. The second-order valence-corrected chi connectivity index (χ2v) is 12.3. The third-order valence-electron chi connectivity index (χ3n) is 6.11. The molecule has 1 amide bonds. The number of aromatic nitrogens is 1. The Morgan fingerprint density at radius 2 is 2.06 bits per heavy atom. The van der Waals surface area contributed by atoms with Gasteiger partial charge in [0.2, 0.25) is 0 Å². The van der Waals surface area contributed by atoms with E-state index in [0.29, 0.717) is 23.2 Å². The minimum absolute atomic E-state index is 0.0570. The highest BCUT2D eigenvalue weighted by Gasteiger charge is 2.43. The third kappa shape index (κ3) is 5.16. The van der Waals surface area contributed by atoms with Crippen LogP contribution in [0.2, 0.25) is 13.1 Å². The third-order valence-corrected chi connectivity index (χ3v) is 6.94. The van der Waals surface area contributed by atoms with E-state index in [2.05, 4.69) is 39.0 Å². The standard InChI is InChI=1S/C23H32FN3O5Si/c1-23(2,3)17-8-10-26(21(17)32-33(4)5)19-7-6-15(12-18(19)24)27-13-16(31-22(27)28)14-29-20-9-11-30-25-20/h6-7,9,11-12,16-17,21,33H,8,10,13-14H2,1-5H3/t16-,17+,21?/m1/s1. The van der Waals surface area contributed by atoms with Crippen LogP contribution in [0.15, 0.2) is 35.1 Å².